The van der Waals surface area contributed by atoms with E-state index in [-0.39, 0.29) is 22.7 Å². The highest BCUT2D eigenvalue weighted by Crippen LogP contribution is 2.36. The number of nitrogens with zero attached hydrogens (tertiary/aromatic N) is 3. The molecule has 0 aliphatic carbocycles. The summed E-state index contributed by atoms with van der Waals surface area (Å²) in [6.45, 7) is 1.59. The topological polar surface area (TPSA) is 110 Å². The quantitative estimate of drug-likeness (QED) is 0.386. The van der Waals surface area contributed by atoms with Crippen LogP contribution in [0.25, 0.3) is 11.1 Å². The van der Waals surface area contributed by atoms with Crippen LogP contribution in [0.2, 0.25) is 0 Å². The van der Waals surface area contributed by atoms with Crippen molar-refractivity contribution < 1.29 is 23.1 Å². The maximum atomic E-state index is 13.9. The third-order valence-electron chi connectivity index (χ3n) is 5.47. The first-order valence-electron chi connectivity index (χ1n) is 10.7. The first-order chi connectivity index (χ1) is 16.8. The molecule has 0 aliphatic heterocycles. The average Bonchev–Trinajstić information content (AvgIpc) is 2.88. The lowest BCUT2D eigenvalue weighted by molar-refractivity contribution is 0.0697. The summed E-state index contributed by atoms with van der Waals surface area (Å²) in [6, 6.07) is 16.2. The van der Waals surface area contributed by atoms with E-state index in [0.717, 1.165) is 9.87 Å². The fourth-order valence-electron chi connectivity index (χ4n) is 3.79. The Balaban J connectivity index is 1.92. The number of carboxylic acids is 1. The van der Waals surface area contributed by atoms with Crippen molar-refractivity contribution in [3.63, 3.8) is 0 Å². The van der Waals surface area contributed by atoms with Crippen molar-refractivity contribution in [2.75, 3.05) is 11.4 Å². The molecule has 1 N–H and O–H groups in total. The van der Waals surface area contributed by atoms with Gasteiger partial charge in [-0.3, -0.25) is 14.3 Å². The van der Waals surface area contributed by atoms with Gasteiger partial charge in [-0.05, 0) is 72.1 Å². The van der Waals surface area contributed by atoms with Crippen molar-refractivity contribution in [1.82, 2.24) is 9.97 Å². The highest BCUT2D eigenvalue weighted by molar-refractivity contribution is 7.92. The summed E-state index contributed by atoms with van der Waals surface area (Å²) < 4.78 is 34.0. The number of aromatic nitrogens is 2. The van der Waals surface area contributed by atoms with Crippen molar-refractivity contribution in [3.05, 3.63) is 102 Å². The summed E-state index contributed by atoms with van der Waals surface area (Å²) in [5.41, 5.74) is 2.40. The molecule has 35 heavy (non-hydrogen) atoms. The number of ether oxygens (including phenoxy) is 1. The van der Waals surface area contributed by atoms with Gasteiger partial charge in [0, 0.05) is 30.4 Å². The lowest BCUT2D eigenvalue weighted by Crippen LogP contribution is -2.32. The predicted octanol–water partition coefficient (Wildman–Crippen LogP) is 4.55. The molecule has 2 aromatic carbocycles. The zero-order valence-corrected chi connectivity index (χ0v) is 19.9. The summed E-state index contributed by atoms with van der Waals surface area (Å²) in [4.78, 5) is 20.6. The minimum Gasteiger partial charge on any atom is -0.497 e. The van der Waals surface area contributed by atoms with Gasteiger partial charge in [-0.2, -0.15) is 0 Å². The molecule has 0 saturated carbocycles. The molecule has 0 radical (unpaired) electrons. The summed E-state index contributed by atoms with van der Waals surface area (Å²) in [7, 11) is -2.67. The number of aromatic carboxylic acids is 1. The fraction of sp³-hybridized carbons (Fsp3) is 0.115. The number of pyridine rings is 2. The van der Waals surface area contributed by atoms with E-state index in [4.69, 9.17) is 4.74 Å². The van der Waals surface area contributed by atoms with Gasteiger partial charge in [-0.25, -0.2) is 13.2 Å². The minimum atomic E-state index is -4.16. The van der Waals surface area contributed by atoms with Gasteiger partial charge < -0.3 is 9.84 Å². The second-order valence-electron chi connectivity index (χ2n) is 7.78. The number of carbonyl (C=O) groups is 1. The molecule has 0 unspecified atom stereocenters. The van der Waals surface area contributed by atoms with Crippen LogP contribution in [0.4, 0.5) is 5.69 Å². The van der Waals surface area contributed by atoms with Gasteiger partial charge in [0.2, 0.25) is 0 Å². The molecule has 2 aromatic heterocycles. The Kier molecular flexibility index (Phi) is 6.79. The SMILES string of the molecule is COc1ccc(S(=O)(=O)N(Cc2cccnc2)c2c(C)cc(-c3cccnc3)cc2C(=O)O)cc1. The van der Waals surface area contributed by atoms with Crippen LogP contribution in [-0.2, 0) is 16.6 Å². The number of rotatable bonds is 8. The van der Waals surface area contributed by atoms with E-state index in [9.17, 15) is 18.3 Å². The largest absolute Gasteiger partial charge is 0.497 e. The van der Waals surface area contributed by atoms with Crippen LogP contribution in [0.15, 0.2) is 90.3 Å². The Bertz CT molecular complexity index is 1440. The second kappa shape index (κ2) is 9.94. The Morgan fingerprint density at radius 2 is 1.66 bits per heavy atom. The Morgan fingerprint density at radius 3 is 2.23 bits per heavy atom. The van der Waals surface area contributed by atoms with Gasteiger partial charge in [0.25, 0.3) is 10.0 Å². The number of sulfonamides is 1. The number of aryl methyl sites for hydroxylation is 1. The van der Waals surface area contributed by atoms with Crippen LogP contribution in [0.3, 0.4) is 0 Å². The van der Waals surface area contributed by atoms with Gasteiger partial charge in [-0.1, -0.05) is 12.1 Å². The van der Waals surface area contributed by atoms with E-state index in [1.165, 1.54) is 25.3 Å². The standard InChI is InChI=1S/C26H23N3O5S/c1-18-13-21(20-6-4-12-28-16-20)14-24(26(30)31)25(18)29(17-19-5-3-11-27-15-19)35(32,33)23-9-7-22(34-2)8-10-23/h3-16H,17H2,1-2H3,(H,30,31). The average molecular weight is 490 g/mol. The second-order valence-corrected chi connectivity index (χ2v) is 9.65. The maximum absolute atomic E-state index is 13.9. The van der Waals surface area contributed by atoms with E-state index in [0.29, 0.717) is 22.4 Å². The highest BCUT2D eigenvalue weighted by Gasteiger charge is 2.31. The predicted molar refractivity (Wildman–Crippen MR) is 132 cm³/mol. The van der Waals surface area contributed by atoms with Crippen LogP contribution in [0.5, 0.6) is 5.75 Å². The molecule has 178 valence electrons. The van der Waals surface area contributed by atoms with E-state index >= 15 is 0 Å². The number of benzene rings is 2. The van der Waals surface area contributed by atoms with Crippen LogP contribution in [-0.4, -0.2) is 36.6 Å². The molecule has 8 nitrogen and oxygen atoms in total. The van der Waals surface area contributed by atoms with Gasteiger partial charge >= 0.3 is 5.97 Å². The molecule has 0 fully saturated rings. The number of carboxylic acid groups (broad SMARTS) is 1. The zero-order chi connectivity index (χ0) is 25.0. The molecule has 9 heteroatoms. The number of anilines is 1. The van der Waals surface area contributed by atoms with Gasteiger partial charge in [0.1, 0.15) is 5.75 Å². The monoisotopic (exact) mass is 489 g/mol. The van der Waals surface area contributed by atoms with Crippen LogP contribution >= 0.6 is 0 Å². The molecular formula is C26H23N3O5S. The molecular weight excluding hydrogens is 466 g/mol. The molecule has 0 atom stereocenters. The summed E-state index contributed by atoms with van der Waals surface area (Å²) in [5, 5.41) is 10.1. The lowest BCUT2D eigenvalue weighted by atomic mass is 9.99. The smallest absolute Gasteiger partial charge is 0.337 e. The molecule has 0 aliphatic rings. The number of hydrogen-bond acceptors (Lipinski definition) is 6. The van der Waals surface area contributed by atoms with E-state index < -0.39 is 16.0 Å². The summed E-state index contributed by atoms with van der Waals surface area (Å²) >= 11 is 0. The fourth-order valence-corrected chi connectivity index (χ4v) is 5.33. The summed E-state index contributed by atoms with van der Waals surface area (Å²) in [5.74, 6) is -0.735. The molecule has 4 aromatic rings. The third kappa shape index (κ3) is 4.99. The number of hydrogen-bond donors (Lipinski definition) is 1. The van der Waals surface area contributed by atoms with Crippen molar-refractivity contribution in [3.8, 4) is 16.9 Å². The molecule has 0 amide bonds. The number of methoxy groups -OCH3 is 1. The third-order valence-corrected chi connectivity index (χ3v) is 7.23. The minimum absolute atomic E-state index is 0.00858. The maximum Gasteiger partial charge on any atom is 0.337 e. The van der Waals surface area contributed by atoms with E-state index in [1.807, 2.05) is 6.07 Å². The Morgan fingerprint density at radius 1 is 0.971 bits per heavy atom. The molecule has 4 rings (SSSR count). The summed E-state index contributed by atoms with van der Waals surface area (Å²) in [6.07, 6.45) is 6.39. The van der Waals surface area contributed by atoms with Gasteiger partial charge in [-0.15, -0.1) is 0 Å². The molecule has 0 saturated heterocycles. The van der Waals surface area contributed by atoms with Gasteiger partial charge in [0.15, 0.2) is 0 Å². The molecule has 0 bridgehead atoms. The van der Waals surface area contributed by atoms with Crippen LogP contribution < -0.4 is 9.04 Å². The molecule has 0 spiro atoms. The van der Waals surface area contributed by atoms with Crippen LogP contribution in [0, 0.1) is 6.92 Å². The lowest BCUT2D eigenvalue weighted by Gasteiger charge is -2.28. The normalized spacial score (nSPS) is 11.1. The Labute approximate surface area is 203 Å². The zero-order valence-electron chi connectivity index (χ0n) is 19.1. The first-order valence-corrected chi connectivity index (χ1v) is 12.1. The van der Waals surface area contributed by atoms with E-state index in [1.54, 1.807) is 68.1 Å². The van der Waals surface area contributed by atoms with Crippen LogP contribution in [0.1, 0.15) is 21.5 Å². The highest BCUT2D eigenvalue weighted by atomic mass is 32.2. The van der Waals surface area contributed by atoms with E-state index in [2.05, 4.69) is 9.97 Å². The molecule has 2 heterocycles. The van der Waals surface area contributed by atoms with Crippen molar-refractivity contribution in [2.45, 2.75) is 18.4 Å². The first kappa shape index (κ1) is 23.9. The van der Waals surface area contributed by atoms with Gasteiger partial charge in [0.05, 0.1) is 29.8 Å². The van der Waals surface area contributed by atoms with Crippen molar-refractivity contribution >= 4 is 21.7 Å². The van der Waals surface area contributed by atoms with Crippen molar-refractivity contribution in [1.29, 1.82) is 0 Å². The Hall–Kier alpha value is -4.24. The van der Waals surface area contributed by atoms with Crippen molar-refractivity contribution in [2.24, 2.45) is 0 Å².